The molecule has 0 aliphatic carbocycles. The standard InChI is InChI=1S/C25H22ClN5O3/c1-4-33-24-28-18-13-16(22-14(2)31-34-15(22)3)12-17(23(18)30-24)25(32,19-8-5-6-11-27-19)20-9-7-10-21(26)29-20/h5-13,32H,4H2,1-3H3,(H,28,30). The van der Waals surface area contributed by atoms with Crippen LogP contribution in [0.15, 0.2) is 59.3 Å². The van der Waals surface area contributed by atoms with Crippen molar-refractivity contribution in [3.63, 3.8) is 0 Å². The lowest BCUT2D eigenvalue weighted by Crippen LogP contribution is -2.31. The normalized spacial score (nSPS) is 13.2. The number of nitrogens with zero attached hydrogens (tertiary/aromatic N) is 4. The van der Waals surface area contributed by atoms with Gasteiger partial charge >= 0.3 is 0 Å². The van der Waals surface area contributed by atoms with Crippen LogP contribution < -0.4 is 4.74 Å². The molecule has 1 aromatic carbocycles. The van der Waals surface area contributed by atoms with Crippen LogP contribution in [0.3, 0.4) is 0 Å². The Morgan fingerprint density at radius 2 is 1.91 bits per heavy atom. The summed E-state index contributed by atoms with van der Waals surface area (Å²) >= 11 is 6.24. The zero-order valence-corrected chi connectivity index (χ0v) is 19.6. The summed E-state index contributed by atoms with van der Waals surface area (Å²) in [6.07, 6.45) is 1.62. The zero-order chi connectivity index (χ0) is 23.9. The number of hydrogen-bond acceptors (Lipinski definition) is 7. The first-order valence-corrected chi connectivity index (χ1v) is 11.2. The van der Waals surface area contributed by atoms with E-state index in [4.69, 9.17) is 20.9 Å². The molecule has 0 amide bonds. The van der Waals surface area contributed by atoms with E-state index in [1.807, 2.05) is 39.0 Å². The lowest BCUT2D eigenvalue weighted by molar-refractivity contribution is 0.117. The maximum atomic E-state index is 12.4. The molecule has 1 atom stereocenters. The third-order valence-corrected chi connectivity index (χ3v) is 5.89. The molecule has 2 N–H and O–H groups in total. The predicted molar refractivity (Wildman–Crippen MR) is 128 cm³/mol. The lowest BCUT2D eigenvalue weighted by Gasteiger charge is -2.28. The summed E-state index contributed by atoms with van der Waals surface area (Å²) in [5.41, 5.74) is 2.95. The molecular formula is C25H22ClN5O3. The molecule has 0 spiro atoms. The first-order valence-electron chi connectivity index (χ1n) is 10.8. The minimum absolute atomic E-state index is 0.252. The van der Waals surface area contributed by atoms with E-state index in [9.17, 15) is 5.11 Å². The molecule has 0 aliphatic rings. The Morgan fingerprint density at radius 3 is 2.59 bits per heavy atom. The minimum atomic E-state index is -1.77. The van der Waals surface area contributed by atoms with Gasteiger partial charge < -0.3 is 19.4 Å². The summed E-state index contributed by atoms with van der Waals surface area (Å²) < 4.78 is 11.0. The number of rotatable bonds is 6. The Labute approximate surface area is 200 Å². The van der Waals surface area contributed by atoms with Crippen molar-refractivity contribution < 1.29 is 14.4 Å². The van der Waals surface area contributed by atoms with Crippen LogP contribution in [0.1, 0.15) is 35.3 Å². The molecule has 5 aromatic rings. The average Bonchev–Trinajstić information content (AvgIpc) is 3.40. The van der Waals surface area contributed by atoms with Crippen molar-refractivity contribution in [2.45, 2.75) is 26.4 Å². The van der Waals surface area contributed by atoms with Crippen LogP contribution in [0.4, 0.5) is 0 Å². The number of imidazole rings is 1. The number of halogens is 1. The van der Waals surface area contributed by atoms with E-state index in [2.05, 4.69) is 25.1 Å². The van der Waals surface area contributed by atoms with Crippen LogP contribution in [-0.4, -0.2) is 36.8 Å². The Bertz CT molecular complexity index is 1460. The molecule has 0 radical (unpaired) electrons. The minimum Gasteiger partial charge on any atom is -0.465 e. The van der Waals surface area contributed by atoms with Crippen LogP contribution in [-0.2, 0) is 5.60 Å². The molecule has 0 aliphatic heterocycles. The molecular weight excluding hydrogens is 454 g/mol. The summed E-state index contributed by atoms with van der Waals surface area (Å²) in [7, 11) is 0. The number of aromatic nitrogens is 5. The van der Waals surface area contributed by atoms with Crippen LogP contribution in [0.5, 0.6) is 6.01 Å². The number of aromatic amines is 1. The predicted octanol–water partition coefficient (Wildman–Crippen LogP) is 4.96. The highest BCUT2D eigenvalue weighted by molar-refractivity contribution is 6.29. The fourth-order valence-corrected chi connectivity index (χ4v) is 4.37. The number of benzene rings is 1. The van der Waals surface area contributed by atoms with Crippen LogP contribution >= 0.6 is 11.6 Å². The Kier molecular flexibility index (Phi) is 5.55. The van der Waals surface area contributed by atoms with Crippen LogP contribution in [0, 0.1) is 13.8 Å². The molecule has 0 saturated heterocycles. The van der Waals surface area contributed by atoms with Crippen molar-refractivity contribution in [3.8, 4) is 17.1 Å². The van der Waals surface area contributed by atoms with Gasteiger partial charge in [-0.05, 0) is 62.7 Å². The first kappa shape index (κ1) is 22.1. The molecule has 4 aromatic heterocycles. The van der Waals surface area contributed by atoms with E-state index in [0.717, 1.165) is 16.8 Å². The second-order valence-electron chi connectivity index (χ2n) is 7.87. The maximum absolute atomic E-state index is 12.4. The van der Waals surface area contributed by atoms with Gasteiger partial charge in [0.1, 0.15) is 10.9 Å². The van der Waals surface area contributed by atoms with Crippen LogP contribution in [0.2, 0.25) is 5.15 Å². The smallest absolute Gasteiger partial charge is 0.294 e. The Balaban J connectivity index is 1.88. The van der Waals surface area contributed by atoms with E-state index >= 15 is 0 Å². The number of fused-ring (bicyclic) bond motifs is 1. The van der Waals surface area contributed by atoms with Gasteiger partial charge in [-0.25, -0.2) is 4.98 Å². The van der Waals surface area contributed by atoms with E-state index in [0.29, 0.717) is 46.4 Å². The second-order valence-corrected chi connectivity index (χ2v) is 8.25. The zero-order valence-electron chi connectivity index (χ0n) is 18.8. The molecule has 0 bridgehead atoms. The number of hydrogen-bond donors (Lipinski definition) is 2. The highest BCUT2D eigenvalue weighted by atomic mass is 35.5. The van der Waals surface area contributed by atoms with Gasteiger partial charge in [0.25, 0.3) is 6.01 Å². The summed E-state index contributed by atoms with van der Waals surface area (Å²) in [4.78, 5) is 16.8. The van der Waals surface area contributed by atoms with E-state index in [-0.39, 0.29) is 5.15 Å². The third kappa shape index (κ3) is 3.61. The summed E-state index contributed by atoms with van der Waals surface area (Å²) in [5, 5.41) is 16.8. The first-order chi connectivity index (χ1) is 16.4. The fourth-order valence-electron chi connectivity index (χ4n) is 4.21. The van der Waals surface area contributed by atoms with Gasteiger partial charge in [-0.1, -0.05) is 28.9 Å². The van der Waals surface area contributed by atoms with Crippen molar-refractivity contribution in [3.05, 3.63) is 88.3 Å². The maximum Gasteiger partial charge on any atom is 0.294 e. The Morgan fingerprint density at radius 1 is 1.09 bits per heavy atom. The summed E-state index contributed by atoms with van der Waals surface area (Å²) in [6.45, 7) is 6.04. The van der Waals surface area contributed by atoms with Crippen molar-refractivity contribution >= 4 is 22.6 Å². The topological polar surface area (TPSA) is 110 Å². The molecule has 5 rings (SSSR count). The molecule has 172 valence electrons. The van der Waals surface area contributed by atoms with Gasteiger partial charge in [-0.15, -0.1) is 0 Å². The number of ether oxygens (including phenoxy) is 1. The number of nitrogens with one attached hydrogen (secondary N) is 1. The summed E-state index contributed by atoms with van der Waals surface area (Å²) in [6, 6.07) is 14.6. The molecule has 8 nitrogen and oxygen atoms in total. The molecule has 1 unspecified atom stereocenters. The summed E-state index contributed by atoms with van der Waals surface area (Å²) in [5.74, 6) is 0.662. The lowest BCUT2D eigenvalue weighted by atomic mass is 9.83. The van der Waals surface area contributed by atoms with Gasteiger partial charge in [-0.2, -0.15) is 4.98 Å². The number of pyridine rings is 2. The highest BCUT2D eigenvalue weighted by Gasteiger charge is 2.40. The molecule has 0 fully saturated rings. The monoisotopic (exact) mass is 475 g/mol. The second kappa shape index (κ2) is 8.55. The van der Waals surface area contributed by atoms with Crippen molar-refractivity contribution in [1.29, 1.82) is 0 Å². The molecule has 0 saturated carbocycles. The van der Waals surface area contributed by atoms with E-state index in [1.54, 1.807) is 36.5 Å². The Hall–Kier alpha value is -3.75. The van der Waals surface area contributed by atoms with Gasteiger partial charge in [0.2, 0.25) is 0 Å². The number of aliphatic hydroxyl groups is 1. The third-order valence-electron chi connectivity index (χ3n) is 5.68. The van der Waals surface area contributed by atoms with Crippen molar-refractivity contribution in [1.82, 2.24) is 25.1 Å². The van der Waals surface area contributed by atoms with E-state index in [1.165, 1.54) is 0 Å². The molecule has 4 heterocycles. The van der Waals surface area contributed by atoms with Crippen molar-refractivity contribution in [2.75, 3.05) is 6.61 Å². The van der Waals surface area contributed by atoms with Gasteiger partial charge in [0, 0.05) is 17.3 Å². The quantitative estimate of drug-likeness (QED) is 0.334. The van der Waals surface area contributed by atoms with Crippen molar-refractivity contribution in [2.24, 2.45) is 0 Å². The highest BCUT2D eigenvalue weighted by Crippen LogP contribution is 2.42. The average molecular weight is 476 g/mol. The fraction of sp³-hybridized carbons (Fsp3) is 0.200. The van der Waals surface area contributed by atoms with E-state index < -0.39 is 5.60 Å². The van der Waals surface area contributed by atoms with Crippen LogP contribution in [0.25, 0.3) is 22.2 Å². The number of aryl methyl sites for hydroxylation is 2. The molecule has 34 heavy (non-hydrogen) atoms. The molecule has 9 heteroatoms. The SMILES string of the molecule is CCOc1nc2c(C(O)(c3ccccn3)c3cccc(Cl)n3)cc(-c3c(C)noc3C)cc2[nH]1. The number of H-pyrrole nitrogens is 1. The van der Waals surface area contributed by atoms with Gasteiger partial charge in [0.15, 0.2) is 5.60 Å². The largest absolute Gasteiger partial charge is 0.465 e. The van der Waals surface area contributed by atoms with Gasteiger partial charge in [-0.3, -0.25) is 4.98 Å². The van der Waals surface area contributed by atoms with Gasteiger partial charge in [0.05, 0.1) is 34.7 Å².